The van der Waals surface area contributed by atoms with Gasteiger partial charge in [0.25, 0.3) is 0 Å². The monoisotopic (exact) mass is 236 g/mol. The molecule has 0 fully saturated rings. The molecule has 1 N–H and O–H groups in total. The molecule has 1 aromatic carbocycles. The Balaban J connectivity index is 1.87. The highest BCUT2D eigenvalue weighted by atomic mass is 32.1. The zero-order valence-corrected chi connectivity index (χ0v) is 9.85. The van der Waals surface area contributed by atoms with Crippen LogP contribution in [0.15, 0.2) is 29.8 Å². The van der Waals surface area contributed by atoms with Crippen LogP contribution in [0.3, 0.4) is 0 Å². The fourth-order valence-corrected chi connectivity index (χ4v) is 1.99. The molecule has 0 aliphatic carbocycles. The molecule has 4 heteroatoms. The maximum Gasteiger partial charge on any atom is 0.126 e. The van der Waals surface area contributed by atoms with Gasteiger partial charge in [0, 0.05) is 24.7 Å². The van der Waals surface area contributed by atoms with E-state index in [2.05, 4.69) is 10.3 Å². The third-order valence-corrected chi connectivity index (χ3v) is 3.10. The highest BCUT2D eigenvalue weighted by molar-refractivity contribution is 7.09. The molecule has 0 saturated carbocycles. The third kappa shape index (κ3) is 2.87. The molecule has 0 saturated heterocycles. The minimum Gasteiger partial charge on any atom is -0.306 e. The number of aryl methyl sites for hydroxylation is 1. The maximum atomic E-state index is 13.2. The number of aromatic nitrogens is 1. The highest BCUT2D eigenvalue weighted by Gasteiger charge is 2.00. The number of hydrogen-bond donors (Lipinski definition) is 1. The summed E-state index contributed by atoms with van der Waals surface area (Å²) in [5.41, 5.74) is 1.64. The molecule has 2 rings (SSSR count). The molecule has 0 spiro atoms. The van der Waals surface area contributed by atoms with Gasteiger partial charge in [-0.1, -0.05) is 12.1 Å². The van der Waals surface area contributed by atoms with Crippen LogP contribution in [0.1, 0.15) is 16.1 Å². The Morgan fingerprint density at radius 1 is 1.38 bits per heavy atom. The van der Waals surface area contributed by atoms with Crippen LogP contribution in [0.25, 0.3) is 0 Å². The van der Waals surface area contributed by atoms with E-state index in [0.717, 1.165) is 17.1 Å². The van der Waals surface area contributed by atoms with Gasteiger partial charge < -0.3 is 5.32 Å². The van der Waals surface area contributed by atoms with Crippen LogP contribution in [0.2, 0.25) is 0 Å². The summed E-state index contributed by atoms with van der Waals surface area (Å²) in [5.74, 6) is -0.145. The van der Waals surface area contributed by atoms with Crippen molar-refractivity contribution in [1.29, 1.82) is 0 Å². The van der Waals surface area contributed by atoms with Crippen LogP contribution >= 0.6 is 11.3 Å². The lowest BCUT2D eigenvalue weighted by molar-refractivity contribution is 0.611. The lowest BCUT2D eigenvalue weighted by atomic mass is 10.1. The van der Waals surface area contributed by atoms with Crippen molar-refractivity contribution < 1.29 is 4.39 Å². The molecule has 0 aliphatic rings. The van der Waals surface area contributed by atoms with Gasteiger partial charge in [0.05, 0.1) is 0 Å². The van der Waals surface area contributed by atoms with Crippen molar-refractivity contribution in [3.05, 3.63) is 51.7 Å². The average molecular weight is 236 g/mol. The van der Waals surface area contributed by atoms with Crippen molar-refractivity contribution >= 4 is 11.3 Å². The van der Waals surface area contributed by atoms with E-state index in [1.807, 2.05) is 11.4 Å². The SMILES string of the molecule is Cc1ccc(CNCc2nccs2)cc1F. The van der Waals surface area contributed by atoms with Gasteiger partial charge in [-0.25, -0.2) is 9.37 Å². The highest BCUT2D eigenvalue weighted by Crippen LogP contribution is 2.09. The van der Waals surface area contributed by atoms with Crippen molar-refractivity contribution in [2.24, 2.45) is 0 Å². The Morgan fingerprint density at radius 2 is 2.25 bits per heavy atom. The Kier molecular flexibility index (Phi) is 3.64. The lowest BCUT2D eigenvalue weighted by Crippen LogP contribution is -2.12. The lowest BCUT2D eigenvalue weighted by Gasteiger charge is -2.04. The second-order valence-corrected chi connectivity index (χ2v) is 4.59. The van der Waals surface area contributed by atoms with E-state index < -0.39 is 0 Å². The molecule has 0 bridgehead atoms. The van der Waals surface area contributed by atoms with Crippen LogP contribution in [0.5, 0.6) is 0 Å². The van der Waals surface area contributed by atoms with Gasteiger partial charge in [-0.15, -0.1) is 11.3 Å². The molecule has 16 heavy (non-hydrogen) atoms. The van der Waals surface area contributed by atoms with Gasteiger partial charge in [0.2, 0.25) is 0 Å². The maximum absolute atomic E-state index is 13.2. The summed E-state index contributed by atoms with van der Waals surface area (Å²) < 4.78 is 13.2. The average Bonchev–Trinajstić information content (AvgIpc) is 2.76. The van der Waals surface area contributed by atoms with Gasteiger partial charge >= 0.3 is 0 Å². The number of benzene rings is 1. The summed E-state index contributed by atoms with van der Waals surface area (Å²) in [6, 6.07) is 5.31. The van der Waals surface area contributed by atoms with Gasteiger partial charge in [0.15, 0.2) is 0 Å². The van der Waals surface area contributed by atoms with Crippen molar-refractivity contribution in [2.75, 3.05) is 0 Å². The quantitative estimate of drug-likeness (QED) is 0.883. The minimum atomic E-state index is -0.145. The zero-order chi connectivity index (χ0) is 11.4. The van der Waals surface area contributed by atoms with Crippen molar-refractivity contribution in [1.82, 2.24) is 10.3 Å². The van der Waals surface area contributed by atoms with E-state index in [4.69, 9.17) is 0 Å². The first kappa shape index (κ1) is 11.2. The van der Waals surface area contributed by atoms with Crippen LogP contribution < -0.4 is 5.32 Å². The van der Waals surface area contributed by atoms with E-state index in [1.165, 1.54) is 0 Å². The second-order valence-electron chi connectivity index (χ2n) is 3.61. The van der Waals surface area contributed by atoms with Gasteiger partial charge in [-0.05, 0) is 24.1 Å². The van der Waals surface area contributed by atoms with Crippen molar-refractivity contribution in [2.45, 2.75) is 20.0 Å². The predicted octanol–water partition coefficient (Wildman–Crippen LogP) is 2.88. The summed E-state index contributed by atoms with van der Waals surface area (Å²) >= 11 is 1.62. The molecule has 1 aromatic heterocycles. The number of nitrogens with one attached hydrogen (secondary N) is 1. The molecule has 0 unspecified atom stereocenters. The van der Waals surface area contributed by atoms with Crippen LogP contribution in [0.4, 0.5) is 4.39 Å². The van der Waals surface area contributed by atoms with Crippen molar-refractivity contribution in [3.63, 3.8) is 0 Å². The van der Waals surface area contributed by atoms with Crippen molar-refractivity contribution in [3.8, 4) is 0 Å². The van der Waals surface area contributed by atoms with E-state index in [-0.39, 0.29) is 5.82 Å². The molecule has 0 atom stereocenters. The molecular weight excluding hydrogens is 223 g/mol. The predicted molar refractivity (Wildman–Crippen MR) is 63.8 cm³/mol. The number of rotatable bonds is 4. The summed E-state index contributed by atoms with van der Waals surface area (Å²) in [6.45, 7) is 3.16. The fraction of sp³-hybridized carbons (Fsp3) is 0.250. The Hall–Kier alpha value is -1.26. The molecule has 0 amide bonds. The van der Waals surface area contributed by atoms with Crippen LogP contribution in [0, 0.1) is 12.7 Å². The number of thiazole rings is 1. The number of hydrogen-bond acceptors (Lipinski definition) is 3. The zero-order valence-electron chi connectivity index (χ0n) is 9.03. The Bertz CT molecular complexity index is 454. The fourth-order valence-electron chi connectivity index (χ4n) is 1.40. The van der Waals surface area contributed by atoms with Crippen LogP contribution in [-0.4, -0.2) is 4.98 Å². The van der Waals surface area contributed by atoms with E-state index in [0.29, 0.717) is 12.1 Å². The van der Waals surface area contributed by atoms with Crippen LogP contribution in [-0.2, 0) is 13.1 Å². The summed E-state index contributed by atoms with van der Waals surface area (Å²) in [5, 5.41) is 6.23. The summed E-state index contributed by atoms with van der Waals surface area (Å²) in [6.07, 6.45) is 1.78. The standard InChI is InChI=1S/C12H13FN2S/c1-9-2-3-10(6-11(9)13)7-14-8-12-15-4-5-16-12/h2-6,14H,7-8H2,1H3. The van der Waals surface area contributed by atoms with Gasteiger partial charge in [-0.3, -0.25) is 0 Å². The topological polar surface area (TPSA) is 24.9 Å². The normalized spacial score (nSPS) is 10.6. The summed E-state index contributed by atoms with van der Waals surface area (Å²) in [4.78, 5) is 4.16. The largest absolute Gasteiger partial charge is 0.306 e. The molecule has 1 heterocycles. The smallest absolute Gasteiger partial charge is 0.126 e. The number of nitrogens with zero attached hydrogens (tertiary/aromatic N) is 1. The van der Waals surface area contributed by atoms with E-state index in [9.17, 15) is 4.39 Å². The molecule has 84 valence electrons. The first-order valence-corrected chi connectivity index (χ1v) is 5.98. The Labute approximate surface area is 98.2 Å². The minimum absolute atomic E-state index is 0.145. The third-order valence-electron chi connectivity index (χ3n) is 2.33. The molecule has 2 aromatic rings. The first-order chi connectivity index (χ1) is 7.75. The molecule has 2 nitrogen and oxygen atoms in total. The number of halogens is 1. The van der Waals surface area contributed by atoms with Gasteiger partial charge in [-0.2, -0.15) is 0 Å². The first-order valence-electron chi connectivity index (χ1n) is 5.10. The van der Waals surface area contributed by atoms with E-state index >= 15 is 0 Å². The molecule has 0 aliphatic heterocycles. The Morgan fingerprint density at radius 3 is 2.94 bits per heavy atom. The summed E-state index contributed by atoms with van der Waals surface area (Å²) in [7, 11) is 0. The second kappa shape index (κ2) is 5.18. The molecule has 0 radical (unpaired) electrons. The van der Waals surface area contributed by atoms with E-state index in [1.54, 1.807) is 36.6 Å². The van der Waals surface area contributed by atoms with Gasteiger partial charge in [0.1, 0.15) is 10.8 Å². The molecular formula is C12H13FN2S.